The lowest BCUT2D eigenvalue weighted by molar-refractivity contribution is -0.140. The Hall–Kier alpha value is -2.28. The van der Waals surface area contributed by atoms with Gasteiger partial charge in [0, 0.05) is 17.5 Å². The highest BCUT2D eigenvalue weighted by atomic mass is 16.2. The van der Waals surface area contributed by atoms with Crippen LogP contribution in [0.15, 0.2) is 30.3 Å². The highest BCUT2D eigenvalue weighted by molar-refractivity contribution is 5.97. The maximum Gasteiger partial charge on any atom is 0.299 e. The summed E-state index contributed by atoms with van der Waals surface area (Å²) in [6.07, 6.45) is 4.11. The molecular weight excluding hydrogens is 264 g/mol. The Balaban J connectivity index is 1.76. The molecule has 4 heteroatoms. The van der Waals surface area contributed by atoms with Crippen LogP contribution in [0.5, 0.6) is 0 Å². The second kappa shape index (κ2) is 6.01. The van der Waals surface area contributed by atoms with Gasteiger partial charge in [0.1, 0.15) is 6.54 Å². The van der Waals surface area contributed by atoms with Gasteiger partial charge in [-0.05, 0) is 25.0 Å². The molecule has 2 atom stereocenters. The van der Waals surface area contributed by atoms with Gasteiger partial charge in [-0.2, -0.15) is 0 Å². The molecule has 2 aliphatic rings. The van der Waals surface area contributed by atoms with Crippen LogP contribution < -0.4 is 5.32 Å². The molecule has 0 radical (unpaired) electrons. The Morgan fingerprint density at radius 3 is 2.76 bits per heavy atom. The second-order valence-electron chi connectivity index (χ2n) is 5.57. The van der Waals surface area contributed by atoms with Crippen LogP contribution in [0.1, 0.15) is 31.2 Å². The van der Waals surface area contributed by atoms with Crippen LogP contribution >= 0.6 is 0 Å². The number of piperazine rings is 1. The van der Waals surface area contributed by atoms with E-state index in [2.05, 4.69) is 17.2 Å². The first-order valence-electron chi connectivity index (χ1n) is 7.41. The van der Waals surface area contributed by atoms with Gasteiger partial charge in [0.2, 0.25) is 5.91 Å². The molecule has 1 saturated heterocycles. The number of nitrogens with one attached hydrogen (secondary N) is 1. The molecule has 4 nitrogen and oxygen atoms in total. The highest BCUT2D eigenvalue weighted by Gasteiger charge is 2.38. The number of carbonyl (C=O) groups excluding carboxylic acids is 2. The number of fused-ring (bicyclic) bond motifs is 1. The van der Waals surface area contributed by atoms with Crippen molar-refractivity contribution in [2.24, 2.45) is 0 Å². The van der Waals surface area contributed by atoms with Gasteiger partial charge in [-0.1, -0.05) is 37.0 Å². The summed E-state index contributed by atoms with van der Waals surface area (Å²) >= 11 is 0. The van der Waals surface area contributed by atoms with Gasteiger partial charge in [-0.25, -0.2) is 0 Å². The van der Waals surface area contributed by atoms with Crippen LogP contribution in [0.25, 0.3) is 0 Å². The maximum atomic E-state index is 12.3. The van der Waals surface area contributed by atoms with Crippen LogP contribution in [-0.2, 0) is 9.59 Å². The smallest absolute Gasteiger partial charge is 0.299 e. The van der Waals surface area contributed by atoms with Crippen molar-refractivity contribution in [2.75, 3.05) is 6.54 Å². The van der Waals surface area contributed by atoms with E-state index < -0.39 is 0 Å². The Morgan fingerprint density at radius 2 is 1.95 bits per heavy atom. The van der Waals surface area contributed by atoms with Crippen LogP contribution in [-0.4, -0.2) is 35.3 Å². The first-order chi connectivity index (χ1) is 10.2. The fourth-order valence-electron chi connectivity index (χ4n) is 3.12. The number of hydrogen-bond donors (Lipinski definition) is 1. The topological polar surface area (TPSA) is 49.4 Å². The molecule has 2 fully saturated rings. The lowest BCUT2D eigenvalue weighted by Crippen LogP contribution is -2.62. The number of amides is 2. The minimum atomic E-state index is -0.245. The number of benzene rings is 1. The van der Waals surface area contributed by atoms with Crippen molar-refractivity contribution in [3.8, 4) is 11.8 Å². The fourth-order valence-corrected chi connectivity index (χ4v) is 3.12. The molecule has 3 rings (SSSR count). The molecule has 1 aromatic rings. The molecule has 1 N–H and O–H groups in total. The van der Waals surface area contributed by atoms with Crippen LogP contribution in [0, 0.1) is 11.8 Å². The summed E-state index contributed by atoms with van der Waals surface area (Å²) in [5, 5.41) is 3.00. The zero-order valence-corrected chi connectivity index (χ0v) is 11.8. The minimum absolute atomic E-state index is 0.0759. The monoisotopic (exact) mass is 282 g/mol. The van der Waals surface area contributed by atoms with Gasteiger partial charge < -0.3 is 10.2 Å². The van der Waals surface area contributed by atoms with E-state index in [0.29, 0.717) is 0 Å². The van der Waals surface area contributed by atoms with E-state index in [9.17, 15) is 9.59 Å². The standard InChI is InChI=1S/C17H18N2O2/c20-16-12-19(15-9-5-4-8-14(15)18-16)17(21)11-10-13-6-2-1-3-7-13/h1-3,6-7,14-15H,4-5,8-9,12H2,(H,18,20)/t14-,15+/m0/s1. The van der Waals surface area contributed by atoms with Crippen molar-refractivity contribution in [2.45, 2.75) is 37.8 Å². The van der Waals surface area contributed by atoms with Crippen molar-refractivity contribution in [1.82, 2.24) is 10.2 Å². The van der Waals surface area contributed by atoms with E-state index in [0.717, 1.165) is 31.2 Å². The molecule has 1 aromatic carbocycles. The molecular formula is C17H18N2O2. The Labute approximate surface area is 124 Å². The summed E-state index contributed by atoms with van der Waals surface area (Å²) < 4.78 is 0. The van der Waals surface area contributed by atoms with E-state index in [1.807, 2.05) is 30.3 Å². The summed E-state index contributed by atoms with van der Waals surface area (Å²) in [4.78, 5) is 25.7. The molecule has 2 amide bonds. The van der Waals surface area contributed by atoms with Crippen molar-refractivity contribution in [1.29, 1.82) is 0 Å². The fraction of sp³-hybridized carbons (Fsp3) is 0.412. The van der Waals surface area contributed by atoms with Gasteiger partial charge in [-0.3, -0.25) is 9.59 Å². The summed E-state index contributed by atoms with van der Waals surface area (Å²) in [6, 6.07) is 9.63. The lowest BCUT2D eigenvalue weighted by atomic mass is 9.87. The largest absolute Gasteiger partial charge is 0.350 e. The van der Waals surface area contributed by atoms with Gasteiger partial charge in [0.25, 0.3) is 5.91 Å². The third-order valence-electron chi connectivity index (χ3n) is 4.14. The quantitative estimate of drug-likeness (QED) is 0.729. The number of rotatable bonds is 0. The minimum Gasteiger partial charge on any atom is -0.350 e. The molecule has 0 spiro atoms. The molecule has 0 unspecified atom stereocenters. The second-order valence-corrected chi connectivity index (χ2v) is 5.57. The summed E-state index contributed by atoms with van der Waals surface area (Å²) in [6.45, 7) is 0.128. The van der Waals surface area contributed by atoms with Crippen LogP contribution in [0.2, 0.25) is 0 Å². The first kappa shape index (κ1) is 13.7. The average Bonchev–Trinajstić information content (AvgIpc) is 2.52. The zero-order chi connectivity index (χ0) is 14.7. The highest BCUT2D eigenvalue weighted by Crippen LogP contribution is 2.25. The van der Waals surface area contributed by atoms with E-state index in [1.165, 1.54) is 0 Å². The van der Waals surface area contributed by atoms with Crippen molar-refractivity contribution in [3.05, 3.63) is 35.9 Å². The molecule has 1 aliphatic heterocycles. The molecule has 1 heterocycles. The predicted molar refractivity (Wildman–Crippen MR) is 79.2 cm³/mol. The van der Waals surface area contributed by atoms with Crippen molar-refractivity contribution >= 4 is 11.8 Å². The third-order valence-corrected chi connectivity index (χ3v) is 4.14. The van der Waals surface area contributed by atoms with Gasteiger partial charge in [0.05, 0.1) is 6.04 Å². The summed E-state index contributed by atoms with van der Waals surface area (Å²) in [5.74, 6) is 5.24. The van der Waals surface area contributed by atoms with E-state index in [-0.39, 0.29) is 30.4 Å². The molecule has 1 saturated carbocycles. The van der Waals surface area contributed by atoms with Gasteiger partial charge >= 0.3 is 0 Å². The van der Waals surface area contributed by atoms with Crippen LogP contribution in [0.3, 0.4) is 0 Å². The van der Waals surface area contributed by atoms with E-state index >= 15 is 0 Å². The SMILES string of the molecule is O=C1CN(C(=O)C#Cc2ccccc2)[C@@H]2CCCC[C@@H]2N1. The number of nitrogens with zero attached hydrogens (tertiary/aromatic N) is 1. The van der Waals surface area contributed by atoms with E-state index in [4.69, 9.17) is 0 Å². The molecule has 1 aliphatic carbocycles. The average molecular weight is 282 g/mol. The Kier molecular flexibility index (Phi) is 3.92. The summed E-state index contributed by atoms with van der Waals surface area (Å²) in [7, 11) is 0. The summed E-state index contributed by atoms with van der Waals surface area (Å²) in [5.41, 5.74) is 0.813. The number of hydrogen-bond acceptors (Lipinski definition) is 2. The first-order valence-corrected chi connectivity index (χ1v) is 7.41. The maximum absolute atomic E-state index is 12.3. The Bertz CT molecular complexity index is 600. The Morgan fingerprint density at radius 1 is 1.19 bits per heavy atom. The molecule has 21 heavy (non-hydrogen) atoms. The predicted octanol–water partition coefficient (Wildman–Crippen LogP) is 1.31. The number of carbonyl (C=O) groups is 2. The van der Waals surface area contributed by atoms with Crippen molar-refractivity contribution in [3.63, 3.8) is 0 Å². The van der Waals surface area contributed by atoms with E-state index in [1.54, 1.807) is 4.90 Å². The zero-order valence-electron chi connectivity index (χ0n) is 11.8. The molecule has 108 valence electrons. The van der Waals surface area contributed by atoms with Gasteiger partial charge in [-0.15, -0.1) is 0 Å². The van der Waals surface area contributed by atoms with Crippen molar-refractivity contribution < 1.29 is 9.59 Å². The lowest BCUT2D eigenvalue weighted by Gasteiger charge is -2.43. The van der Waals surface area contributed by atoms with Crippen LogP contribution in [0.4, 0.5) is 0 Å². The third kappa shape index (κ3) is 3.08. The van der Waals surface area contributed by atoms with Gasteiger partial charge in [0.15, 0.2) is 0 Å². The molecule has 0 aromatic heterocycles. The molecule has 0 bridgehead atoms. The normalized spacial score (nSPS) is 24.4.